The highest BCUT2D eigenvalue weighted by Gasteiger charge is 2.75. The van der Waals surface area contributed by atoms with Crippen LogP contribution in [0.4, 0.5) is 26.3 Å². The van der Waals surface area contributed by atoms with Crippen LogP contribution in [0.3, 0.4) is 0 Å². The molecule has 0 radical (unpaired) electrons. The van der Waals surface area contributed by atoms with Crippen LogP contribution in [-0.2, 0) is 9.53 Å². The lowest BCUT2D eigenvalue weighted by molar-refractivity contribution is -0.393. The third-order valence-electron chi connectivity index (χ3n) is 3.42. The Bertz CT molecular complexity index is 348. The van der Waals surface area contributed by atoms with Gasteiger partial charge in [0, 0.05) is 12.8 Å². The van der Waals surface area contributed by atoms with Crippen molar-refractivity contribution in [3.05, 3.63) is 0 Å². The van der Waals surface area contributed by atoms with Crippen molar-refractivity contribution in [1.29, 1.82) is 0 Å². The summed E-state index contributed by atoms with van der Waals surface area (Å²) in [6.45, 7) is 0.895. The molecule has 0 bridgehead atoms. The van der Waals surface area contributed by atoms with Crippen LogP contribution in [-0.4, -0.2) is 35.1 Å². The number of hydrogen-bond acceptors (Lipinski definition) is 3. The number of carbonyl (C=O) groups excluding carboxylic acids is 1. The molecule has 118 valence electrons. The van der Waals surface area contributed by atoms with Crippen LogP contribution in [0.15, 0.2) is 0 Å². The van der Waals surface area contributed by atoms with Gasteiger partial charge >= 0.3 is 18.3 Å². The number of hydrogen-bond donors (Lipinski definition) is 1. The summed E-state index contributed by atoms with van der Waals surface area (Å²) < 4.78 is 81.3. The maximum Gasteiger partial charge on any atom is 0.426 e. The molecule has 0 spiro atoms. The quantitative estimate of drug-likeness (QED) is 0.630. The third kappa shape index (κ3) is 3.02. The Morgan fingerprint density at radius 2 is 1.50 bits per heavy atom. The van der Waals surface area contributed by atoms with Gasteiger partial charge < -0.3 is 9.84 Å². The molecule has 0 amide bonds. The maximum atomic E-state index is 12.8. The Morgan fingerprint density at radius 1 is 1.05 bits per heavy atom. The first-order valence-corrected chi connectivity index (χ1v) is 5.94. The predicted molar refractivity (Wildman–Crippen MR) is 54.6 cm³/mol. The van der Waals surface area contributed by atoms with Gasteiger partial charge in [0.25, 0.3) is 5.60 Å². The van der Waals surface area contributed by atoms with Gasteiger partial charge in [0.2, 0.25) is 0 Å². The van der Waals surface area contributed by atoms with Gasteiger partial charge in [-0.2, -0.15) is 26.3 Å². The number of carbonyl (C=O) groups is 1. The maximum absolute atomic E-state index is 12.8. The first-order chi connectivity index (χ1) is 8.91. The zero-order valence-corrected chi connectivity index (χ0v) is 10.5. The number of rotatable bonds is 2. The van der Waals surface area contributed by atoms with E-state index < -0.39 is 42.4 Å². The molecule has 2 unspecified atom stereocenters. The fourth-order valence-electron chi connectivity index (χ4n) is 2.51. The molecule has 0 aromatic rings. The number of halogens is 6. The highest BCUT2D eigenvalue weighted by Crippen LogP contribution is 2.52. The Hall–Kier alpha value is -0.990. The van der Waals surface area contributed by atoms with Crippen LogP contribution in [0, 0.1) is 5.92 Å². The Labute approximate surface area is 110 Å². The van der Waals surface area contributed by atoms with Crippen molar-refractivity contribution in [2.24, 2.45) is 5.92 Å². The summed E-state index contributed by atoms with van der Waals surface area (Å²) in [7, 11) is 0. The lowest BCUT2D eigenvalue weighted by Gasteiger charge is -2.43. The first kappa shape index (κ1) is 17.1. The van der Waals surface area contributed by atoms with E-state index in [1.54, 1.807) is 0 Å². The molecule has 1 saturated carbocycles. The van der Waals surface area contributed by atoms with Gasteiger partial charge in [-0.1, -0.05) is 6.42 Å². The normalized spacial score (nSPS) is 25.4. The van der Waals surface area contributed by atoms with Crippen LogP contribution in [0.5, 0.6) is 0 Å². The molecule has 3 nitrogen and oxygen atoms in total. The lowest BCUT2D eigenvalue weighted by atomic mass is 9.74. The average molecular weight is 308 g/mol. The zero-order valence-electron chi connectivity index (χ0n) is 10.5. The Morgan fingerprint density at radius 3 is 1.90 bits per heavy atom. The fraction of sp³-hybridized carbons (Fsp3) is 0.909. The summed E-state index contributed by atoms with van der Waals surface area (Å²) in [5, 5.41) is 9.35. The monoisotopic (exact) mass is 308 g/mol. The van der Waals surface area contributed by atoms with Crippen molar-refractivity contribution < 1.29 is 41.0 Å². The van der Waals surface area contributed by atoms with E-state index >= 15 is 0 Å². The van der Waals surface area contributed by atoms with Gasteiger partial charge in [-0.25, -0.2) is 0 Å². The summed E-state index contributed by atoms with van der Waals surface area (Å²) in [5.74, 6) is -3.23. The van der Waals surface area contributed by atoms with Gasteiger partial charge in [-0.3, -0.25) is 4.79 Å². The van der Waals surface area contributed by atoms with E-state index in [1.165, 1.54) is 0 Å². The van der Waals surface area contributed by atoms with Crippen molar-refractivity contribution in [3.8, 4) is 0 Å². The summed E-state index contributed by atoms with van der Waals surface area (Å²) in [6.07, 6.45) is -13.6. The first-order valence-electron chi connectivity index (χ1n) is 5.94. The molecule has 1 N–H and O–H groups in total. The average Bonchev–Trinajstić information content (AvgIpc) is 2.24. The van der Waals surface area contributed by atoms with E-state index in [1.807, 2.05) is 0 Å². The van der Waals surface area contributed by atoms with E-state index in [0.29, 0.717) is 6.42 Å². The molecule has 0 aromatic heterocycles. The fourth-order valence-corrected chi connectivity index (χ4v) is 2.51. The minimum absolute atomic E-state index is 0.0941. The molecule has 1 aliphatic carbocycles. The molecule has 20 heavy (non-hydrogen) atoms. The second-order valence-corrected chi connectivity index (χ2v) is 4.80. The SMILES string of the molecule is CC(=O)OC1CCCCC1C(O)(C(F)(F)F)C(F)(F)F. The van der Waals surface area contributed by atoms with Crippen molar-refractivity contribution >= 4 is 5.97 Å². The minimum Gasteiger partial charge on any atom is -0.462 e. The minimum atomic E-state index is -5.90. The van der Waals surface area contributed by atoms with Crippen molar-refractivity contribution in [2.45, 2.75) is 56.7 Å². The Balaban J connectivity index is 3.20. The molecule has 1 fully saturated rings. The van der Waals surface area contributed by atoms with E-state index in [0.717, 1.165) is 6.92 Å². The van der Waals surface area contributed by atoms with Crippen LogP contribution < -0.4 is 0 Å². The zero-order chi connectivity index (χ0) is 15.8. The summed E-state index contributed by atoms with van der Waals surface area (Å²) in [5.41, 5.74) is -4.87. The summed E-state index contributed by atoms with van der Waals surface area (Å²) in [4.78, 5) is 10.8. The molecule has 0 aromatic carbocycles. The standard InChI is InChI=1S/C11H14F6O3/c1-6(18)20-8-5-3-2-4-7(8)9(19,10(12,13)14)11(15,16)17/h7-8,19H,2-5H2,1H3. The van der Waals surface area contributed by atoms with Gasteiger partial charge in [-0.15, -0.1) is 0 Å². The number of esters is 1. The molecule has 1 aliphatic rings. The number of ether oxygens (including phenoxy) is 1. The van der Waals surface area contributed by atoms with Gasteiger partial charge in [0.1, 0.15) is 6.10 Å². The molecule has 0 aliphatic heterocycles. The van der Waals surface area contributed by atoms with Crippen molar-refractivity contribution in [3.63, 3.8) is 0 Å². The largest absolute Gasteiger partial charge is 0.462 e. The molecule has 0 saturated heterocycles. The van der Waals surface area contributed by atoms with Crippen molar-refractivity contribution in [2.75, 3.05) is 0 Å². The van der Waals surface area contributed by atoms with E-state index in [-0.39, 0.29) is 12.8 Å². The van der Waals surface area contributed by atoms with Crippen LogP contribution in [0.25, 0.3) is 0 Å². The van der Waals surface area contributed by atoms with Gasteiger partial charge in [0.15, 0.2) is 0 Å². The lowest BCUT2D eigenvalue weighted by Crippen LogP contribution is -2.65. The highest BCUT2D eigenvalue weighted by molar-refractivity contribution is 5.66. The van der Waals surface area contributed by atoms with E-state index in [2.05, 4.69) is 4.74 Å². The summed E-state index contributed by atoms with van der Waals surface area (Å²) in [6, 6.07) is 0. The smallest absolute Gasteiger partial charge is 0.426 e. The number of aliphatic hydroxyl groups is 1. The predicted octanol–water partition coefficient (Wildman–Crippen LogP) is 2.96. The second-order valence-electron chi connectivity index (χ2n) is 4.80. The van der Waals surface area contributed by atoms with Crippen LogP contribution in [0.1, 0.15) is 32.6 Å². The molecule has 0 heterocycles. The Kier molecular flexibility index (Phi) is 4.62. The van der Waals surface area contributed by atoms with E-state index in [9.17, 15) is 36.2 Å². The van der Waals surface area contributed by atoms with Gasteiger partial charge in [-0.05, 0) is 19.3 Å². The summed E-state index contributed by atoms with van der Waals surface area (Å²) >= 11 is 0. The topological polar surface area (TPSA) is 46.5 Å². The molecule has 2 atom stereocenters. The molecular formula is C11H14F6O3. The third-order valence-corrected chi connectivity index (χ3v) is 3.42. The van der Waals surface area contributed by atoms with Crippen molar-refractivity contribution in [1.82, 2.24) is 0 Å². The van der Waals surface area contributed by atoms with Crippen LogP contribution in [0.2, 0.25) is 0 Å². The highest BCUT2D eigenvalue weighted by atomic mass is 19.4. The van der Waals surface area contributed by atoms with Crippen LogP contribution >= 0.6 is 0 Å². The molecule has 1 rings (SSSR count). The van der Waals surface area contributed by atoms with E-state index in [4.69, 9.17) is 0 Å². The van der Waals surface area contributed by atoms with Gasteiger partial charge in [0.05, 0.1) is 0 Å². The second kappa shape index (κ2) is 5.42. The molecule has 9 heteroatoms. The number of alkyl halides is 6. The molecular weight excluding hydrogens is 294 g/mol.